The minimum absolute atomic E-state index is 0.235. The highest BCUT2D eigenvalue weighted by Crippen LogP contribution is 2.16. The van der Waals surface area contributed by atoms with Gasteiger partial charge in [0.2, 0.25) is 23.6 Å². The lowest BCUT2D eigenvalue weighted by atomic mass is 9.97. The molecule has 0 fully saturated rings. The summed E-state index contributed by atoms with van der Waals surface area (Å²) in [7, 11) is 0. The van der Waals surface area contributed by atoms with Crippen LogP contribution in [0, 0.1) is 0 Å². The number of thioether (sulfide) groups is 1. The highest BCUT2D eigenvalue weighted by atomic mass is 32.2. The van der Waals surface area contributed by atoms with Gasteiger partial charge in [0.1, 0.15) is 23.7 Å². The summed E-state index contributed by atoms with van der Waals surface area (Å²) in [5.74, 6) is -7.90. The predicted octanol–water partition coefficient (Wildman–Crippen LogP) is 1.34. The number of ketones is 1. The molecule has 0 aliphatic heterocycles. The first-order valence-corrected chi connectivity index (χ1v) is 18.4. The molecule has 0 aliphatic carbocycles. The summed E-state index contributed by atoms with van der Waals surface area (Å²) in [6.45, 7) is 7.57. The monoisotopic (exact) mass is 746 g/mol. The van der Waals surface area contributed by atoms with Crippen LogP contribution in [0.5, 0.6) is 0 Å². The summed E-state index contributed by atoms with van der Waals surface area (Å²) < 4.78 is 5.07. The van der Waals surface area contributed by atoms with E-state index in [-0.39, 0.29) is 24.5 Å². The normalized spacial score (nSPS) is 14.2. The van der Waals surface area contributed by atoms with Gasteiger partial charge in [-0.2, -0.15) is 11.8 Å². The Hall–Kier alpha value is -3.93. The smallest absolute Gasteiger partial charge is 0.408 e. The molecule has 0 aromatic rings. The van der Waals surface area contributed by atoms with Crippen molar-refractivity contribution >= 4 is 59.2 Å². The van der Waals surface area contributed by atoms with Gasteiger partial charge in [0.05, 0.1) is 6.54 Å². The summed E-state index contributed by atoms with van der Waals surface area (Å²) in [6, 6.07) is -3.79. The molecule has 2 unspecified atom stereocenters. The zero-order valence-electron chi connectivity index (χ0n) is 30.5. The van der Waals surface area contributed by atoms with Crippen LogP contribution in [0.4, 0.5) is 4.79 Å². The molecule has 0 aliphatic rings. The molecule has 0 bridgehead atoms. The minimum atomic E-state index is -2.50. The van der Waals surface area contributed by atoms with Crippen LogP contribution in [-0.4, -0.2) is 105 Å². The highest BCUT2D eigenvalue weighted by molar-refractivity contribution is 7.99. The van der Waals surface area contributed by atoms with Crippen molar-refractivity contribution in [1.29, 1.82) is 0 Å². The maximum Gasteiger partial charge on any atom is 0.408 e. The average molecular weight is 747 g/mol. The third kappa shape index (κ3) is 21.1. The number of carbonyl (C=O) groups is 8. The van der Waals surface area contributed by atoms with Crippen molar-refractivity contribution < 1.29 is 53.3 Å². The topological polar surface area (TPSA) is 286 Å². The van der Waals surface area contributed by atoms with E-state index in [0.717, 1.165) is 31.0 Å². The van der Waals surface area contributed by atoms with Crippen molar-refractivity contribution in [3.05, 3.63) is 0 Å². The van der Waals surface area contributed by atoms with Crippen molar-refractivity contribution in [2.24, 2.45) is 11.5 Å². The van der Waals surface area contributed by atoms with Crippen LogP contribution < -0.4 is 32.7 Å². The van der Waals surface area contributed by atoms with Crippen molar-refractivity contribution in [2.75, 3.05) is 18.1 Å². The molecule has 10 N–H and O–H groups in total. The van der Waals surface area contributed by atoms with E-state index < -0.39 is 89.5 Å². The van der Waals surface area contributed by atoms with Gasteiger partial charge in [-0.1, -0.05) is 58.3 Å². The van der Waals surface area contributed by atoms with E-state index in [1.54, 1.807) is 20.8 Å². The first-order valence-electron chi connectivity index (χ1n) is 17.2. The standard InChI is InChI=1S/C33H58N6O11S/c1-6-7-8-9-10-11-12-13-14-15-26(42)37-21(2)28(44)38-22(29(45)46)16-17-25(41)36-18-24(40)33(35,30(47)48)20-51-19-23(27(34)43)39-31(49)50-32(3,4)5/h21-23H,6-20,35H2,1-5H3,(H2,34,43)(H,36,41)(H,37,42)(H,38,44)(H,39,49)(H,45,46)(H,47,48)/t21-,22+,23?,33?/m0/s1. The number of carbonyl (C=O) groups excluding carboxylic acids is 6. The SMILES string of the molecule is CCCCCCCCCCCC(=O)N[C@@H](C)C(=O)N[C@H](CCC(=O)NCC(=O)C(N)(CSCC(NC(=O)OC(C)(C)C)C(N)=O)C(=O)O)C(=O)O. The molecular weight excluding hydrogens is 688 g/mol. The van der Waals surface area contributed by atoms with Gasteiger partial charge >= 0.3 is 18.0 Å². The molecule has 17 nitrogen and oxygen atoms in total. The molecule has 4 atom stereocenters. The Morgan fingerprint density at radius 3 is 1.86 bits per heavy atom. The zero-order valence-corrected chi connectivity index (χ0v) is 31.3. The lowest BCUT2D eigenvalue weighted by Gasteiger charge is -2.25. The molecular formula is C33H58N6O11S. The first-order chi connectivity index (χ1) is 23.7. The zero-order chi connectivity index (χ0) is 39.2. The summed E-state index contributed by atoms with van der Waals surface area (Å²) >= 11 is 0.743. The van der Waals surface area contributed by atoms with Crippen LogP contribution in [0.25, 0.3) is 0 Å². The number of rotatable bonds is 27. The van der Waals surface area contributed by atoms with Crippen molar-refractivity contribution in [2.45, 2.75) is 141 Å². The van der Waals surface area contributed by atoms with E-state index in [2.05, 4.69) is 28.2 Å². The Morgan fingerprint density at radius 2 is 1.35 bits per heavy atom. The second kappa shape index (κ2) is 24.3. The molecule has 0 rings (SSSR count). The quantitative estimate of drug-likeness (QED) is 0.0436. The van der Waals surface area contributed by atoms with E-state index >= 15 is 0 Å². The first kappa shape index (κ1) is 47.1. The number of unbranched alkanes of at least 4 members (excludes halogenated alkanes) is 8. The third-order valence-corrected chi connectivity index (χ3v) is 8.76. The number of Topliss-reactive ketones (excluding diaryl/α,β-unsaturated/α-hetero) is 1. The number of hydrogen-bond acceptors (Lipinski definition) is 11. The number of aliphatic carboxylic acids is 2. The molecule has 51 heavy (non-hydrogen) atoms. The number of amides is 5. The Labute approximate surface area is 303 Å². The van der Waals surface area contributed by atoms with E-state index in [1.807, 2.05) is 0 Å². The van der Waals surface area contributed by atoms with Gasteiger partial charge in [0.25, 0.3) is 0 Å². The summed E-state index contributed by atoms with van der Waals surface area (Å²) in [6.07, 6.45) is 8.24. The number of hydrogen-bond donors (Lipinski definition) is 8. The number of nitrogens with two attached hydrogens (primary N) is 2. The number of nitrogens with one attached hydrogen (secondary N) is 4. The second-order valence-corrected chi connectivity index (χ2v) is 14.4. The number of alkyl carbamates (subject to hydrolysis) is 1. The Balaban J connectivity index is 4.80. The second-order valence-electron chi connectivity index (χ2n) is 13.4. The van der Waals surface area contributed by atoms with E-state index in [1.165, 1.54) is 39.0 Å². The van der Waals surface area contributed by atoms with Crippen LogP contribution >= 0.6 is 11.8 Å². The fourth-order valence-electron chi connectivity index (χ4n) is 4.47. The molecule has 5 amide bonds. The highest BCUT2D eigenvalue weighted by Gasteiger charge is 2.42. The van der Waals surface area contributed by atoms with Gasteiger partial charge in [0, 0.05) is 24.3 Å². The number of carboxylic acids is 2. The average Bonchev–Trinajstić information content (AvgIpc) is 3.02. The van der Waals surface area contributed by atoms with Crippen LogP contribution in [0.2, 0.25) is 0 Å². The molecule has 0 radical (unpaired) electrons. The predicted molar refractivity (Wildman–Crippen MR) is 190 cm³/mol. The maximum atomic E-state index is 12.8. The van der Waals surface area contributed by atoms with Crippen LogP contribution in [0.1, 0.15) is 112 Å². The molecule has 18 heteroatoms. The maximum absolute atomic E-state index is 12.8. The molecule has 0 spiro atoms. The largest absolute Gasteiger partial charge is 0.480 e. The molecule has 0 aromatic heterocycles. The Kier molecular flexibility index (Phi) is 22.4. The molecule has 0 aromatic carbocycles. The van der Waals surface area contributed by atoms with Gasteiger partial charge < -0.3 is 47.7 Å². The molecule has 0 saturated carbocycles. The van der Waals surface area contributed by atoms with Gasteiger partial charge in [-0.15, -0.1) is 0 Å². The van der Waals surface area contributed by atoms with Gasteiger partial charge in [-0.3, -0.25) is 24.0 Å². The van der Waals surface area contributed by atoms with Gasteiger partial charge in [0.15, 0.2) is 11.3 Å². The van der Waals surface area contributed by atoms with Gasteiger partial charge in [-0.05, 0) is 40.5 Å². The van der Waals surface area contributed by atoms with Crippen molar-refractivity contribution in [3.8, 4) is 0 Å². The van der Waals surface area contributed by atoms with E-state index in [0.29, 0.717) is 6.42 Å². The lowest BCUT2D eigenvalue weighted by molar-refractivity contribution is -0.147. The Bertz CT molecular complexity index is 1200. The lowest BCUT2D eigenvalue weighted by Crippen LogP contribution is -2.60. The summed E-state index contributed by atoms with van der Waals surface area (Å²) in [5.41, 5.74) is 7.80. The summed E-state index contributed by atoms with van der Waals surface area (Å²) in [4.78, 5) is 97.4. The number of primary amides is 1. The molecule has 0 saturated heterocycles. The van der Waals surface area contributed by atoms with Crippen LogP contribution in [0.15, 0.2) is 0 Å². The van der Waals surface area contributed by atoms with E-state index in [4.69, 9.17) is 16.2 Å². The fourth-order valence-corrected chi connectivity index (χ4v) is 5.68. The number of carboxylic acid groups (broad SMARTS) is 2. The number of ether oxygens (including phenoxy) is 1. The van der Waals surface area contributed by atoms with Gasteiger partial charge in [-0.25, -0.2) is 14.4 Å². The van der Waals surface area contributed by atoms with Crippen LogP contribution in [0.3, 0.4) is 0 Å². The summed E-state index contributed by atoms with van der Waals surface area (Å²) in [5, 5.41) is 28.5. The minimum Gasteiger partial charge on any atom is -0.480 e. The molecule has 0 heterocycles. The fraction of sp³-hybridized carbons (Fsp3) is 0.758. The van der Waals surface area contributed by atoms with Crippen LogP contribution in [-0.2, 0) is 38.3 Å². The van der Waals surface area contributed by atoms with Crippen molar-refractivity contribution in [3.63, 3.8) is 0 Å². The van der Waals surface area contributed by atoms with E-state index in [9.17, 15) is 48.6 Å². The van der Waals surface area contributed by atoms with Crippen molar-refractivity contribution in [1.82, 2.24) is 21.3 Å². The third-order valence-electron chi connectivity index (χ3n) is 7.53. The molecule has 292 valence electrons. The Morgan fingerprint density at radius 1 is 0.784 bits per heavy atom.